The molecule has 0 aliphatic rings. The SMILES string of the molecule is Cc1cccc(C(=O)N(C)[C@H](CP(c2ccccc2)c2ccccc2)C(C)C)n1. The number of amides is 1. The van der Waals surface area contributed by atoms with Gasteiger partial charge in [0.25, 0.3) is 5.91 Å². The number of aryl methyl sites for hydroxylation is 1. The first kappa shape index (κ1) is 21.2. The Morgan fingerprint density at radius 3 is 1.93 bits per heavy atom. The Bertz CT molecular complexity index is 888. The van der Waals surface area contributed by atoms with Gasteiger partial charge in [-0.1, -0.05) is 80.6 Å². The van der Waals surface area contributed by atoms with Gasteiger partial charge < -0.3 is 4.90 Å². The molecule has 3 aromatic rings. The van der Waals surface area contributed by atoms with E-state index in [1.165, 1.54) is 10.6 Å². The number of carbonyl (C=O) groups excluding carboxylic acids is 1. The monoisotopic (exact) mass is 404 g/mol. The maximum atomic E-state index is 13.2. The van der Waals surface area contributed by atoms with Crippen LogP contribution in [0.15, 0.2) is 78.9 Å². The average Bonchev–Trinajstić information content (AvgIpc) is 2.74. The van der Waals surface area contributed by atoms with E-state index in [4.69, 9.17) is 0 Å². The predicted octanol–water partition coefficient (Wildman–Crippen LogP) is 4.62. The Balaban J connectivity index is 1.91. The molecule has 0 fully saturated rings. The lowest BCUT2D eigenvalue weighted by Gasteiger charge is -2.34. The maximum Gasteiger partial charge on any atom is 0.272 e. The van der Waals surface area contributed by atoms with Crippen molar-refractivity contribution < 1.29 is 4.79 Å². The summed E-state index contributed by atoms with van der Waals surface area (Å²) in [5, 5.41) is 2.68. The Morgan fingerprint density at radius 2 is 1.45 bits per heavy atom. The van der Waals surface area contributed by atoms with Gasteiger partial charge in [0.1, 0.15) is 5.69 Å². The molecule has 1 amide bonds. The predicted molar refractivity (Wildman–Crippen MR) is 124 cm³/mol. The molecule has 3 nitrogen and oxygen atoms in total. The van der Waals surface area contributed by atoms with Crippen molar-refractivity contribution in [3.63, 3.8) is 0 Å². The van der Waals surface area contributed by atoms with E-state index in [1.807, 2.05) is 31.0 Å². The summed E-state index contributed by atoms with van der Waals surface area (Å²) in [6.45, 7) is 6.31. The zero-order chi connectivity index (χ0) is 20.8. The van der Waals surface area contributed by atoms with E-state index in [9.17, 15) is 4.79 Å². The minimum atomic E-state index is -0.569. The molecule has 0 bridgehead atoms. The quantitative estimate of drug-likeness (QED) is 0.539. The van der Waals surface area contributed by atoms with E-state index in [0.29, 0.717) is 11.6 Å². The molecule has 2 aromatic carbocycles. The van der Waals surface area contributed by atoms with Crippen LogP contribution in [0, 0.1) is 12.8 Å². The van der Waals surface area contributed by atoms with E-state index in [-0.39, 0.29) is 11.9 Å². The van der Waals surface area contributed by atoms with E-state index in [2.05, 4.69) is 79.5 Å². The highest BCUT2D eigenvalue weighted by Crippen LogP contribution is 2.37. The summed E-state index contributed by atoms with van der Waals surface area (Å²) in [5.41, 5.74) is 1.38. The Morgan fingerprint density at radius 1 is 0.897 bits per heavy atom. The number of hydrogen-bond donors (Lipinski definition) is 0. The van der Waals surface area contributed by atoms with Crippen LogP contribution >= 0.6 is 7.92 Å². The number of benzene rings is 2. The highest BCUT2D eigenvalue weighted by Gasteiger charge is 2.28. The van der Waals surface area contributed by atoms with Crippen LogP contribution in [0.3, 0.4) is 0 Å². The largest absolute Gasteiger partial charge is 0.337 e. The zero-order valence-electron chi connectivity index (χ0n) is 17.6. The topological polar surface area (TPSA) is 33.2 Å². The second-order valence-corrected chi connectivity index (χ2v) is 9.93. The molecule has 0 aliphatic heterocycles. The van der Waals surface area contributed by atoms with Crippen molar-refractivity contribution in [2.75, 3.05) is 13.2 Å². The standard InChI is InChI=1S/C25H29N2OP/c1-19(2)24(27(4)25(28)23-17-11-12-20(3)26-23)18-29(21-13-7-5-8-14-21)22-15-9-6-10-16-22/h5-17,19,24H,18H2,1-4H3/t24-/m1/s1. The Labute approximate surface area is 175 Å². The van der Waals surface area contributed by atoms with Crippen LogP contribution in [-0.4, -0.2) is 35.0 Å². The van der Waals surface area contributed by atoms with Crippen LogP contribution in [0.5, 0.6) is 0 Å². The fourth-order valence-corrected chi connectivity index (χ4v) is 6.36. The van der Waals surface area contributed by atoms with Crippen LogP contribution in [0.2, 0.25) is 0 Å². The lowest BCUT2D eigenvalue weighted by atomic mass is 10.0. The van der Waals surface area contributed by atoms with Gasteiger partial charge in [-0.25, -0.2) is 4.98 Å². The van der Waals surface area contributed by atoms with Gasteiger partial charge in [0.2, 0.25) is 0 Å². The Kier molecular flexibility index (Phi) is 7.17. The van der Waals surface area contributed by atoms with Gasteiger partial charge in [0.15, 0.2) is 0 Å². The molecule has 0 saturated carbocycles. The summed E-state index contributed by atoms with van der Waals surface area (Å²) in [6, 6.07) is 27.1. The molecular weight excluding hydrogens is 375 g/mol. The van der Waals surface area contributed by atoms with Crippen molar-refractivity contribution in [1.29, 1.82) is 0 Å². The van der Waals surface area contributed by atoms with Crippen molar-refractivity contribution in [3.05, 3.63) is 90.3 Å². The minimum Gasteiger partial charge on any atom is -0.337 e. The van der Waals surface area contributed by atoms with Crippen molar-refractivity contribution in [1.82, 2.24) is 9.88 Å². The van der Waals surface area contributed by atoms with E-state index < -0.39 is 7.92 Å². The minimum absolute atomic E-state index is 0.0107. The fourth-order valence-electron chi connectivity index (χ4n) is 3.54. The number of aromatic nitrogens is 1. The summed E-state index contributed by atoms with van der Waals surface area (Å²) in [5.74, 6) is 0.328. The molecule has 0 unspecified atom stereocenters. The lowest BCUT2D eigenvalue weighted by molar-refractivity contribution is 0.0704. The molecule has 1 heterocycles. The molecular formula is C25H29N2OP. The average molecular weight is 404 g/mol. The van der Waals surface area contributed by atoms with Gasteiger partial charge in [-0.15, -0.1) is 0 Å². The fraction of sp³-hybridized carbons (Fsp3) is 0.280. The molecule has 1 atom stereocenters. The number of nitrogens with zero attached hydrogens (tertiary/aromatic N) is 2. The number of rotatable bonds is 7. The summed E-state index contributed by atoms with van der Waals surface area (Å²) in [4.78, 5) is 19.5. The van der Waals surface area contributed by atoms with Crippen molar-refractivity contribution in [2.24, 2.45) is 5.92 Å². The molecule has 0 saturated heterocycles. The van der Waals surface area contributed by atoms with E-state index in [1.54, 1.807) is 6.07 Å². The Hall–Kier alpha value is -2.51. The lowest BCUT2D eigenvalue weighted by Crippen LogP contribution is -2.43. The van der Waals surface area contributed by atoms with Gasteiger partial charge in [-0.3, -0.25) is 4.79 Å². The van der Waals surface area contributed by atoms with Crippen molar-refractivity contribution >= 4 is 24.4 Å². The number of hydrogen-bond acceptors (Lipinski definition) is 2. The van der Waals surface area contributed by atoms with Gasteiger partial charge in [-0.05, 0) is 49.7 Å². The molecule has 0 N–H and O–H groups in total. The third kappa shape index (κ3) is 5.31. The van der Waals surface area contributed by atoms with Gasteiger partial charge >= 0.3 is 0 Å². The molecule has 0 spiro atoms. The zero-order valence-corrected chi connectivity index (χ0v) is 18.5. The molecule has 0 aliphatic carbocycles. The first-order valence-corrected chi connectivity index (χ1v) is 11.6. The summed E-state index contributed by atoms with van der Waals surface area (Å²) >= 11 is 0. The van der Waals surface area contributed by atoms with Crippen molar-refractivity contribution in [2.45, 2.75) is 26.8 Å². The third-order valence-corrected chi connectivity index (χ3v) is 7.78. The van der Waals surface area contributed by atoms with E-state index in [0.717, 1.165) is 11.9 Å². The molecule has 4 heteroatoms. The van der Waals surface area contributed by atoms with Gasteiger partial charge in [-0.2, -0.15) is 0 Å². The summed E-state index contributed by atoms with van der Waals surface area (Å²) in [6.07, 6.45) is 0.926. The number of carbonyl (C=O) groups is 1. The van der Waals surface area contributed by atoms with Crippen molar-refractivity contribution in [3.8, 4) is 0 Å². The van der Waals surface area contributed by atoms with Gasteiger partial charge in [0.05, 0.1) is 0 Å². The molecule has 150 valence electrons. The molecule has 0 radical (unpaired) electrons. The summed E-state index contributed by atoms with van der Waals surface area (Å²) < 4.78 is 0. The van der Waals surface area contributed by atoms with Crippen LogP contribution in [0.1, 0.15) is 30.0 Å². The second-order valence-electron chi connectivity index (χ2n) is 7.67. The maximum absolute atomic E-state index is 13.2. The highest BCUT2D eigenvalue weighted by atomic mass is 31.1. The van der Waals surface area contributed by atoms with Crippen LogP contribution in [0.4, 0.5) is 0 Å². The smallest absolute Gasteiger partial charge is 0.272 e. The molecule has 1 aromatic heterocycles. The van der Waals surface area contributed by atoms with Crippen LogP contribution in [0.25, 0.3) is 0 Å². The highest BCUT2D eigenvalue weighted by molar-refractivity contribution is 7.73. The first-order valence-electron chi connectivity index (χ1n) is 10.1. The second kappa shape index (κ2) is 9.80. The third-order valence-electron chi connectivity index (χ3n) is 5.20. The summed E-state index contributed by atoms with van der Waals surface area (Å²) in [7, 11) is 1.35. The number of pyridine rings is 1. The molecule has 29 heavy (non-hydrogen) atoms. The first-order chi connectivity index (χ1) is 14.0. The van der Waals surface area contributed by atoms with Gasteiger partial charge in [0, 0.05) is 18.8 Å². The normalized spacial score (nSPS) is 12.2. The van der Waals surface area contributed by atoms with E-state index >= 15 is 0 Å². The van der Waals surface area contributed by atoms with Crippen LogP contribution in [-0.2, 0) is 0 Å². The van der Waals surface area contributed by atoms with Crippen LogP contribution < -0.4 is 10.6 Å². The molecule has 3 rings (SSSR count).